The molecular formula is C12H18N2O. The molecule has 1 aliphatic carbocycles. The van der Waals surface area contributed by atoms with E-state index in [1.54, 1.807) is 0 Å². The Morgan fingerprint density at radius 2 is 2.07 bits per heavy atom. The summed E-state index contributed by atoms with van der Waals surface area (Å²) in [6.45, 7) is 1.88. The maximum absolute atomic E-state index is 11.7. The molecule has 82 valence electrons. The zero-order valence-electron chi connectivity index (χ0n) is 9.18. The van der Waals surface area contributed by atoms with Crippen molar-refractivity contribution in [2.75, 3.05) is 0 Å². The van der Waals surface area contributed by atoms with Gasteiger partial charge in [0.05, 0.1) is 0 Å². The van der Waals surface area contributed by atoms with E-state index in [1.165, 1.54) is 30.4 Å². The van der Waals surface area contributed by atoms with Gasteiger partial charge in [0.1, 0.15) is 0 Å². The minimum atomic E-state index is -0.165. The highest BCUT2D eigenvalue weighted by atomic mass is 16.1. The van der Waals surface area contributed by atoms with Crippen molar-refractivity contribution in [3.05, 3.63) is 33.2 Å². The molecule has 1 heterocycles. The summed E-state index contributed by atoms with van der Waals surface area (Å²) in [4.78, 5) is 14.5. The van der Waals surface area contributed by atoms with Gasteiger partial charge in [-0.25, -0.2) is 0 Å². The monoisotopic (exact) mass is 206 g/mol. The Kier molecular flexibility index (Phi) is 2.91. The van der Waals surface area contributed by atoms with Crippen LogP contribution in [-0.4, -0.2) is 4.98 Å². The number of pyridine rings is 1. The summed E-state index contributed by atoms with van der Waals surface area (Å²) in [5.41, 5.74) is 9.17. The normalized spacial score (nSPS) is 18.0. The summed E-state index contributed by atoms with van der Waals surface area (Å²) in [5.74, 6) is 0. The van der Waals surface area contributed by atoms with E-state index >= 15 is 0 Å². The van der Waals surface area contributed by atoms with Crippen LogP contribution in [0.15, 0.2) is 11.0 Å². The Morgan fingerprint density at radius 3 is 2.80 bits per heavy atom. The van der Waals surface area contributed by atoms with Crippen LogP contribution in [-0.2, 0) is 12.8 Å². The molecule has 0 saturated carbocycles. The minimum Gasteiger partial charge on any atom is -0.329 e. The number of nitrogens with one attached hydrogen (secondary N) is 1. The van der Waals surface area contributed by atoms with Gasteiger partial charge in [0, 0.05) is 17.8 Å². The molecule has 1 atom stereocenters. The predicted octanol–water partition coefficient (Wildman–Crippen LogP) is 1.66. The zero-order valence-corrected chi connectivity index (χ0v) is 9.18. The van der Waals surface area contributed by atoms with E-state index in [4.69, 9.17) is 5.73 Å². The Labute approximate surface area is 89.7 Å². The summed E-state index contributed by atoms with van der Waals surface area (Å²) in [5, 5.41) is 0. The van der Waals surface area contributed by atoms with E-state index in [9.17, 15) is 4.79 Å². The van der Waals surface area contributed by atoms with Crippen molar-refractivity contribution >= 4 is 0 Å². The fraction of sp³-hybridized carbons (Fsp3) is 0.583. The second-order valence-electron chi connectivity index (χ2n) is 4.38. The lowest BCUT2D eigenvalue weighted by atomic mass is 9.96. The lowest BCUT2D eigenvalue weighted by molar-refractivity contribution is 0.706. The van der Waals surface area contributed by atoms with Crippen molar-refractivity contribution in [2.24, 2.45) is 5.73 Å². The summed E-state index contributed by atoms with van der Waals surface area (Å²) < 4.78 is 0. The molecule has 0 spiro atoms. The molecule has 0 bridgehead atoms. The number of H-pyrrole nitrogens is 1. The van der Waals surface area contributed by atoms with Crippen LogP contribution in [0.25, 0.3) is 0 Å². The third-order valence-corrected chi connectivity index (χ3v) is 3.16. The number of aromatic amines is 1. The highest BCUT2D eigenvalue weighted by molar-refractivity contribution is 5.34. The van der Waals surface area contributed by atoms with E-state index in [-0.39, 0.29) is 11.6 Å². The summed E-state index contributed by atoms with van der Waals surface area (Å²) in [6, 6.07) is -0.165. The van der Waals surface area contributed by atoms with Crippen molar-refractivity contribution in [3.8, 4) is 0 Å². The summed E-state index contributed by atoms with van der Waals surface area (Å²) in [7, 11) is 0. The largest absolute Gasteiger partial charge is 0.329 e. The van der Waals surface area contributed by atoms with Gasteiger partial charge in [-0.1, -0.05) is 6.42 Å². The highest BCUT2D eigenvalue weighted by Crippen LogP contribution is 2.23. The quantitative estimate of drug-likeness (QED) is 0.686. The number of hydrogen-bond donors (Lipinski definition) is 2. The minimum absolute atomic E-state index is 0.00866. The van der Waals surface area contributed by atoms with Gasteiger partial charge in [-0.2, -0.15) is 0 Å². The number of aromatic nitrogens is 1. The predicted molar refractivity (Wildman–Crippen MR) is 60.9 cm³/mol. The Morgan fingerprint density at radius 1 is 1.33 bits per heavy atom. The average molecular weight is 206 g/mol. The number of aryl methyl sites for hydroxylation is 1. The summed E-state index contributed by atoms with van der Waals surface area (Å²) >= 11 is 0. The second kappa shape index (κ2) is 4.19. The first-order valence-electron chi connectivity index (χ1n) is 5.69. The SMILES string of the molecule is C[C@@H](N)c1c2c(c[nH]c1=O)CCCCC2. The number of fused-ring (bicyclic) bond motifs is 1. The van der Waals surface area contributed by atoms with Crippen molar-refractivity contribution in [3.63, 3.8) is 0 Å². The number of hydrogen-bond acceptors (Lipinski definition) is 2. The van der Waals surface area contributed by atoms with Crippen LogP contribution in [0.5, 0.6) is 0 Å². The fourth-order valence-electron chi connectivity index (χ4n) is 2.42. The molecule has 1 aromatic heterocycles. The molecule has 0 amide bonds. The topological polar surface area (TPSA) is 58.9 Å². The molecule has 2 rings (SSSR count). The number of nitrogens with two attached hydrogens (primary N) is 1. The standard InChI is InChI=1S/C12H18N2O/c1-8(13)11-10-6-4-2-3-5-9(10)7-14-12(11)15/h7-8H,2-6,13H2,1H3,(H,14,15)/t8-/m1/s1. The van der Waals surface area contributed by atoms with Gasteiger partial charge >= 0.3 is 0 Å². The van der Waals surface area contributed by atoms with E-state index in [1.807, 2.05) is 13.1 Å². The molecule has 3 N–H and O–H groups in total. The molecule has 0 radical (unpaired) electrons. The van der Waals surface area contributed by atoms with E-state index in [0.29, 0.717) is 0 Å². The lowest BCUT2D eigenvalue weighted by Crippen LogP contribution is -2.23. The van der Waals surface area contributed by atoms with Crippen LogP contribution >= 0.6 is 0 Å². The van der Waals surface area contributed by atoms with Crippen LogP contribution < -0.4 is 11.3 Å². The van der Waals surface area contributed by atoms with E-state index < -0.39 is 0 Å². The van der Waals surface area contributed by atoms with Gasteiger partial charge < -0.3 is 10.7 Å². The molecular weight excluding hydrogens is 188 g/mol. The summed E-state index contributed by atoms with van der Waals surface area (Å²) in [6.07, 6.45) is 7.60. The van der Waals surface area contributed by atoms with E-state index in [0.717, 1.165) is 18.4 Å². The Balaban J connectivity index is 2.57. The van der Waals surface area contributed by atoms with Gasteiger partial charge in [-0.3, -0.25) is 4.79 Å². The zero-order chi connectivity index (χ0) is 10.8. The van der Waals surface area contributed by atoms with Crippen LogP contribution in [0, 0.1) is 0 Å². The van der Waals surface area contributed by atoms with Crippen LogP contribution in [0.1, 0.15) is 48.9 Å². The maximum atomic E-state index is 11.7. The number of rotatable bonds is 1. The third-order valence-electron chi connectivity index (χ3n) is 3.16. The molecule has 3 heteroatoms. The lowest BCUT2D eigenvalue weighted by Gasteiger charge is -2.13. The molecule has 1 aromatic rings. The van der Waals surface area contributed by atoms with Crippen LogP contribution in [0.4, 0.5) is 0 Å². The van der Waals surface area contributed by atoms with Gasteiger partial charge in [0.15, 0.2) is 0 Å². The van der Waals surface area contributed by atoms with Gasteiger partial charge in [-0.05, 0) is 43.7 Å². The molecule has 15 heavy (non-hydrogen) atoms. The smallest absolute Gasteiger partial charge is 0.252 e. The first kappa shape index (κ1) is 10.4. The molecule has 3 nitrogen and oxygen atoms in total. The third kappa shape index (κ3) is 1.97. The van der Waals surface area contributed by atoms with Crippen molar-refractivity contribution in [1.82, 2.24) is 4.98 Å². The highest BCUT2D eigenvalue weighted by Gasteiger charge is 2.17. The van der Waals surface area contributed by atoms with Crippen molar-refractivity contribution < 1.29 is 0 Å². The Hall–Kier alpha value is -1.09. The average Bonchev–Trinajstić information content (AvgIpc) is 2.41. The molecule has 0 aromatic carbocycles. The van der Waals surface area contributed by atoms with Crippen LogP contribution in [0.2, 0.25) is 0 Å². The maximum Gasteiger partial charge on any atom is 0.252 e. The van der Waals surface area contributed by atoms with Crippen LogP contribution in [0.3, 0.4) is 0 Å². The van der Waals surface area contributed by atoms with Gasteiger partial charge in [-0.15, -0.1) is 0 Å². The molecule has 0 unspecified atom stereocenters. The van der Waals surface area contributed by atoms with Crippen molar-refractivity contribution in [2.45, 2.75) is 45.1 Å². The van der Waals surface area contributed by atoms with E-state index in [2.05, 4.69) is 4.98 Å². The fourth-order valence-corrected chi connectivity index (χ4v) is 2.42. The Bertz CT molecular complexity index is 407. The first-order chi connectivity index (χ1) is 7.20. The molecule has 1 aliphatic rings. The van der Waals surface area contributed by atoms with Gasteiger partial charge in [0.2, 0.25) is 0 Å². The molecule has 0 aliphatic heterocycles. The van der Waals surface area contributed by atoms with Gasteiger partial charge in [0.25, 0.3) is 5.56 Å². The second-order valence-corrected chi connectivity index (χ2v) is 4.38. The molecule has 0 fully saturated rings. The van der Waals surface area contributed by atoms with Crippen molar-refractivity contribution in [1.29, 1.82) is 0 Å². The molecule has 0 saturated heterocycles. The first-order valence-corrected chi connectivity index (χ1v) is 5.69.